The van der Waals surface area contributed by atoms with Crippen LogP contribution in [0, 0.1) is 0 Å². The number of carbonyl (C=O) groups is 4. The van der Waals surface area contributed by atoms with E-state index in [1.807, 2.05) is 12.1 Å². The van der Waals surface area contributed by atoms with Crippen molar-refractivity contribution in [3.05, 3.63) is 125 Å². The number of thioether (sulfide) groups is 1. The summed E-state index contributed by atoms with van der Waals surface area (Å²) in [5.41, 5.74) is 2.36. The summed E-state index contributed by atoms with van der Waals surface area (Å²) in [6, 6.07) is 27.7. The van der Waals surface area contributed by atoms with Gasteiger partial charge in [0, 0.05) is 40.1 Å². The summed E-state index contributed by atoms with van der Waals surface area (Å²) in [5, 5.41) is 5.56. The van der Waals surface area contributed by atoms with Crippen molar-refractivity contribution in [1.82, 2.24) is 10.2 Å². The number of anilines is 1. The molecule has 0 fully saturated rings. The van der Waals surface area contributed by atoms with Crippen molar-refractivity contribution in [2.24, 2.45) is 0 Å². The van der Waals surface area contributed by atoms with E-state index in [-0.39, 0.29) is 24.1 Å². The summed E-state index contributed by atoms with van der Waals surface area (Å²) in [5.74, 6) is 0.0346. The van der Waals surface area contributed by atoms with Crippen molar-refractivity contribution in [3.63, 3.8) is 0 Å². The van der Waals surface area contributed by atoms with Crippen molar-refractivity contribution >= 4 is 47.2 Å². The zero-order valence-corrected chi connectivity index (χ0v) is 24.9. The average Bonchev–Trinajstić information content (AvgIpc) is 3.30. The molecule has 0 saturated carbocycles. The molecule has 4 aromatic rings. The molecular formula is C34H29N3O6S. The van der Waals surface area contributed by atoms with Gasteiger partial charge in [-0.15, -0.1) is 11.8 Å². The van der Waals surface area contributed by atoms with Gasteiger partial charge in [-0.1, -0.05) is 30.3 Å². The molecule has 1 heterocycles. The molecule has 0 unspecified atom stereocenters. The number of fused-ring (bicyclic) bond motifs is 1. The van der Waals surface area contributed by atoms with Gasteiger partial charge in [0.2, 0.25) is 0 Å². The molecule has 0 radical (unpaired) electrons. The van der Waals surface area contributed by atoms with E-state index in [9.17, 15) is 19.2 Å². The fourth-order valence-corrected chi connectivity index (χ4v) is 5.40. The molecule has 0 atom stereocenters. The van der Waals surface area contributed by atoms with E-state index in [0.717, 1.165) is 4.90 Å². The van der Waals surface area contributed by atoms with Gasteiger partial charge in [0.25, 0.3) is 23.6 Å². The first kappa shape index (κ1) is 30.1. The van der Waals surface area contributed by atoms with Crippen molar-refractivity contribution < 1.29 is 28.7 Å². The minimum atomic E-state index is -0.529. The minimum absolute atomic E-state index is 0.0155. The van der Waals surface area contributed by atoms with Crippen LogP contribution in [-0.4, -0.2) is 55.0 Å². The lowest BCUT2D eigenvalue weighted by Crippen LogP contribution is -2.31. The third-order valence-corrected chi connectivity index (χ3v) is 7.84. The Bertz CT molecular complexity index is 1700. The summed E-state index contributed by atoms with van der Waals surface area (Å²) in [6.45, 7) is 0.277. The molecule has 9 nitrogen and oxygen atoms in total. The van der Waals surface area contributed by atoms with Gasteiger partial charge < -0.3 is 20.1 Å². The molecule has 0 aliphatic carbocycles. The van der Waals surface area contributed by atoms with Gasteiger partial charge >= 0.3 is 0 Å². The van der Waals surface area contributed by atoms with Gasteiger partial charge in [-0.2, -0.15) is 0 Å². The number of nitrogens with zero attached hydrogens (tertiary/aromatic N) is 1. The van der Waals surface area contributed by atoms with Crippen LogP contribution in [-0.2, 0) is 4.79 Å². The van der Waals surface area contributed by atoms with Gasteiger partial charge in [-0.25, -0.2) is 0 Å². The molecule has 0 aromatic heterocycles. The number of hydrogen-bond acceptors (Lipinski definition) is 7. The van der Waals surface area contributed by atoms with E-state index < -0.39 is 11.8 Å². The van der Waals surface area contributed by atoms with Crippen LogP contribution in [0.1, 0.15) is 36.6 Å². The average molecular weight is 608 g/mol. The minimum Gasteiger partial charge on any atom is -0.497 e. The fourth-order valence-electron chi connectivity index (χ4n) is 4.57. The monoisotopic (exact) mass is 607 g/mol. The predicted octanol–water partition coefficient (Wildman–Crippen LogP) is 5.50. The smallest absolute Gasteiger partial charge is 0.272 e. The highest BCUT2D eigenvalue weighted by atomic mass is 32.2. The Balaban J connectivity index is 1.26. The molecule has 1 aliphatic heterocycles. The van der Waals surface area contributed by atoms with E-state index in [2.05, 4.69) is 10.6 Å². The molecule has 4 aromatic carbocycles. The largest absolute Gasteiger partial charge is 0.497 e. The SMILES string of the molecule is COc1ccc(/C=C(\NC(=O)c2ccccc2)C(=O)Nc2ccc(SCCN3C(=O)c4ccccc4C3=O)cc2)c(OC)c1. The van der Waals surface area contributed by atoms with E-state index in [0.29, 0.717) is 45.2 Å². The molecule has 1 aliphatic rings. The first-order valence-electron chi connectivity index (χ1n) is 13.7. The fraction of sp³-hybridized carbons (Fsp3) is 0.118. The van der Waals surface area contributed by atoms with Crippen molar-refractivity contribution in [3.8, 4) is 11.5 Å². The van der Waals surface area contributed by atoms with Gasteiger partial charge in [-0.05, 0) is 66.7 Å². The summed E-state index contributed by atoms with van der Waals surface area (Å²) >= 11 is 1.49. The first-order chi connectivity index (χ1) is 21.4. The Morgan fingerprint density at radius 3 is 2.11 bits per heavy atom. The number of hydrogen-bond donors (Lipinski definition) is 2. The highest BCUT2D eigenvalue weighted by Gasteiger charge is 2.34. The van der Waals surface area contributed by atoms with E-state index in [4.69, 9.17) is 9.47 Å². The molecular weight excluding hydrogens is 578 g/mol. The van der Waals surface area contributed by atoms with Crippen LogP contribution in [0.15, 0.2) is 108 Å². The molecule has 0 spiro atoms. The third kappa shape index (κ3) is 6.82. The highest BCUT2D eigenvalue weighted by Crippen LogP contribution is 2.28. The molecule has 44 heavy (non-hydrogen) atoms. The van der Waals surface area contributed by atoms with Crippen LogP contribution < -0.4 is 20.1 Å². The highest BCUT2D eigenvalue weighted by molar-refractivity contribution is 7.99. The van der Waals surface area contributed by atoms with Crippen LogP contribution in [0.2, 0.25) is 0 Å². The van der Waals surface area contributed by atoms with Crippen LogP contribution >= 0.6 is 11.8 Å². The number of carbonyl (C=O) groups excluding carboxylic acids is 4. The molecule has 0 saturated heterocycles. The second-order valence-electron chi connectivity index (χ2n) is 9.62. The van der Waals surface area contributed by atoms with Gasteiger partial charge in [0.1, 0.15) is 17.2 Å². The number of imide groups is 1. The summed E-state index contributed by atoms with van der Waals surface area (Å²) in [7, 11) is 3.05. The van der Waals surface area contributed by atoms with Gasteiger partial charge in [0.15, 0.2) is 0 Å². The van der Waals surface area contributed by atoms with Crippen LogP contribution in [0.5, 0.6) is 11.5 Å². The quantitative estimate of drug-likeness (QED) is 0.131. The van der Waals surface area contributed by atoms with Crippen LogP contribution in [0.4, 0.5) is 5.69 Å². The maximum atomic E-state index is 13.4. The Morgan fingerprint density at radius 1 is 0.818 bits per heavy atom. The number of nitrogens with one attached hydrogen (secondary N) is 2. The Labute approximate surface area is 258 Å². The second kappa shape index (κ2) is 13.7. The second-order valence-corrected chi connectivity index (χ2v) is 10.8. The molecule has 2 N–H and O–H groups in total. The molecule has 5 rings (SSSR count). The first-order valence-corrected chi connectivity index (χ1v) is 14.7. The summed E-state index contributed by atoms with van der Waals surface area (Å²) < 4.78 is 10.7. The predicted molar refractivity (Wildman–Crippen MR) is 169 cm³/mol. The van der Waals surface area contributed by atoms with E-state index >= 15 is 0 Å². The Kier molecular flexibility index (Phi) is 9.41. The van der Waals surface area contributed by atoms with Gasteiger partial charge in [-0.3, -0.25) is 24.1 Å². The number of methoxy groups -OCH3 is 2. The zero-order valence-electron chi connectivity index (χ0n) is 24.0. The van der Waals surface area contributed by atoms with Crippen molar-refractivity contribution in [2.75, 3.05) is 31.8 Å². The Morgan fingerprint density at radius 2 is 1.48 bits per heavy atom. The van der Waals surface area contributed by atoms with E-state index in [1.165, 1.54) is 29.8 Å². The number of rotatable bonds is 11. The van der Waals surface area contributed by atoms with Gasteiger partial charge in [0.05, 0.1) is 25.3 Å². The standard InChI is InChI=1S/C34H29N3O6S/c1-42-25-15-12-23(30(21-25)43-2)20-29(36-31(38)22-8-4-3-5-9-22)32(39)35-24-13-16-26(17-14-24)44-19-18-37-33(40)27-10-6-7-11-28(27)34(37)41/h3-17,20-21H,18-19H2,1-2H3,(H,35,39)(H,36,38)/b29-20-. The van der Waals surface area contributed by atoms with E-state index in [1.54, 1.807) is 92.0 Å². The maximum absolute atomic E-state index is 13.4. The molecule has 4 amide bonds. The third-order valence-electron chi connectivity index (χ3n) is 6.84. The summed E-state index contributed by atoms with van der Waals surface area (Å²) in [6.07, 6.45) is 1.54. The van der Waals surface area contributed by atoms with Crippen LogP contribution in [0.25, 0.3) is 6.08 Å². The maximum Gasteiger partial charge on any atom is 0.272 e. The molecule has 10 heteroatoms. The lowest BCUT2D eigenvalue weighted by molar-refractivity contribution is -0.113. The number of amides is 4. The topological polar surface area (TPSA) is 114 Å². The number of ether oxygens (including phenoxy) is 2. The molecule has 0 bridgehead atoms. The molecule has 222 valence electrons. The lowest BCUT2D eigenvalue weighted by atomic mass is 10.1. The van der Waals surface area contributed by atoms with Crippen molar-refractivity contribution in [1.29, 1.82) is 0 Å². The van der Waals surface area contributed by atoms with Crippen LogP contribution in [0.3, 0.4) is 0 Å². The van der Waals surface area contributed by atoms with Crippen molar-refractivity contribution in [2.45, 2.75) is 4.90 Å². The zero-order chi connectivity index (χ0) is 31.1. The lowest BCUT2D eigenvalue weighted by Gasteiger charge is -2.14. The number of benzene rings is 4. The normalized spacial score (nSPS) is 12.5. The Hall–Kier alpha value is -5.35. The summed E-state index contributed by atoms with van der Waals surface area (Å²) in [4.78, 5) is 53.7.